The molecular formula is C38H42N4O6. The molecule has 0 aliphatic carbocycles. The standard InChI is InChI=1S/C38H42N4O6/c1-3-5-25-45-35-21-17-33(18-22-35)41-39-31-13-9-29(10-14-31)37(43)47-27-7-8-28-48-38(44)30-11-15-32(16-12-30)40-42-34-19-23-36(24-20-34)46-26-6-4-2/h9-24H,3-8,25-28H2,1-2H3. The van der Waals surface area contributed by atoms with E-state index in [-0.39, 0.29) is 13.2 Å². The molecule has 0 saturated heterocycles. The third-order valence-electron chi connectivity index (χ3n) is 6.98. The van der Waals surface area contributed by atoms with Gasteiger partial charge in [0.15, 0.2) is 0 Å². The van der Waals surface area contributed by atoms with Crippen LogP contribution in [-0.4, -0.2) is 38.4 Å². The molecule has 0 N–H and O–H groups in total. The fourth-order valence-corrected chi connectivity index (χ4v) is 4.15. The van der Waals surface area contributed by atoms with E-state index in [1.165, 1.54) is 0 Å². The minimum absolute atomic E-state index is 0.213. The van der Waals surface area contributed by atoms with Gasteiger partial charge in [-0.05, 0) is 123 Å². The van der Waals surface area contributed by atoms with Crippen LogP contribution in [-0.2, 0) is 9.47 Å². The number of nitrogens with zero attached hydrogens (tertiary/aromatic N) is 4. The van der Waals surface area contributed by atoms with E-state index >= 15 is 0 Å². The first-order valence-electron chi connectivity index (χ1n) is 16.4. The lowest BCUT2D eigenvalue weighted by Gasteiger charge is -2.07. The Labute approximate surface area is 281 Å². The molecule has 48 heavy (non-hydrogen) atoms. The molecule has 0 spiro atoms. The van der Waals surface area contributed by atoms with Crippen molar-refractivity contribution in [2.24, 2.45) is 20.5 Å². The van der Waals surface area contributed by atoms with E-state index in [1.54, 1.807) is 48.5 Å². The van der Waals surface area contributed by atoms with Crippen molar-refractivity contribution in [1.82, 2.24) is 0 Å². The summed E-state index contributed by atoms with van der Waals surface area (Å²) in [4.78, 5) is 24.8. The summed E-state index contributed by atoms with van der Waals surface area (Å²) in [6, 6.07) is 28.3. The van der Waals surface area contributed by atoms with Crippen LogP contribution in [0, 0.1) is 0 Å². The van der Waals surface area contributed by atoms with Gasteiger partial charge in [-0.1, -0.05) is 26.7 Å². The smallest absolute Gasteiger partial charge is 0.338 e. The molecule has 0 fully saturated rings. The predicted molar refractivity (Wildman–Crippen MR) is 185 cm³/mol. The SMILES string of the molecule is CCCCOc1ccc(N=Nc2ccc(C(=O)OCCCCOC(=O)c3ccc(N=Nc4ccc(OCCCC)cc4)cc3)cc2)cc1. The number of rotatable bonds is 19. The highest BCUT2D eigenvalue weighted by Crippen LogP contribution is 2.23. The molecule has 4 aromatic carbocycles. The summed E-state index contributed by atoms with van der Waals surface area (Å²) in [6.07, 6.45) is 5.31. The Morgan fingerprint density at radius 2 is 0.750 bits per heavy atom. The van der Waals surface area contributed by atoms with Crippen LogP contribution >= 0.6 is 0 Å². The summed E-state index contributed by atoms with van der Waals surface area (Å²) in [5.74, 6) is 0.749. The molecule has 0 amide bonds. The quantitative estimate of drug-likeness (QED) is 0.0565. The highest BCUT2D eigenvalue weighted by molar-refractivity contribution is 5.90. The predicted octanol–water partition coefficient (Wildman–Crippen LogP) is 10.7. The maximum Gasteiger partial charge on any atom is 0.338 e. The van der Waals surface area contributed by atoms with Crippen molar-refractivity contribution in [2.75, 3.05) is 26.4 Å². The summed E-state index contributed by atoms with van der Waals surface area (Å²) >= 11 is 0. The fraction of sp³-hybridized carbons (Fsp3) is 0.316. The average Bonchev–Trinajstić information content (AvgIpc) is 3.13. The van der Waals surface area contributed by atoms with Crippen molar-refractivity contribution in [1.29, 1.82) is 0 Å². The number of ether oxygens (including phenoxy) is 4. The molecule has 4 rings (SSSR count). The number of azo groups is 2. The Morgan fingerprint density at radius 1 is 0.438 bits per heavy atom. The molecule has 0 heterocycles. The second-order valence-corrected chi connectivity index (χ2v) is 10.9. The molecule has 10 heteroatoms. The third kappa shape index (κ3) is 12.4. The number of hydrogen-bond donors (Lipinski definition) is 0. The van der Waals surface area contributed by atoms with Crippen molar-refractivity contribution >= 4 is 34.7 Å². The van der Waals surface area contributed by atoms with Crippen molar-refractivity contribution < 1.29 is 28.5 Å². The first-order valence-corrected chi connectivity index (χ1v) is 16.4. The Kier molecular flexibility index (Phi) is 14.8. The van der Waals surface area contributed by atoms with Gasteiger partial charge < -0.3 is 18.9 Å². The van der Waals surface area contributed by atoms with E-state index in [1.807, 2.05) is 48.5 Å². The summed E-state index contributed by atoms with van der Waals surface area (Å²) in [6.45, 7) is 6.06. The van der Waals surface area contributed by atoms with E-state index in [2.05, 4.69) is 34.3 Å². The summed E-state index contributed by atoms with van der Waals surface area (Å²) in [5.41, 5.74) is 3.48. The molecule has 0 aliphatic heterocycles. The van der Waals surface area contributed by atoms with Gasteiger partial charge in [-0.15, -0.1) is 0 Å². The minimum atomic E-state index is -0.431. The molecule has 0 unspecified atom stereocenters. The Balaban J connectivity index is 1.10. The van der Waals surface area contributed by atoms with Crippen LogP contribution < -0.4 is 9.47 Å². The van der Waals surface area contributed by atoms with Crippen molar-refractivity contribution in [3.05, 3.63) is 108 Å². The molecule has 4 aromatic rings. The van der Waals surface area contributed by atoms with E-state index in [4.69, 9.17) is 18.9 Å². The van der Waals surface area contributed by atoms with Crippen LogP contribution in [0.2, 0.25) is 0 Å². The lowest BCUT2D eigenvalue weighted by atomic mass is 10.2. The van der Waals surface area contributed by atoms with Crippen LogP contribution in [0.3, 0.4) is 0 Å². The number of benzene rings is 4. The molecule has 0 aromatic heterocycles. The molecular weight excluding hydrogens is 608 g/mol. The van der Waals surface area contributed by atoms with E-state index in [0.717, 1.165) is 37.2 Å². The molecule has 0 radical (unpaired) electrons. The maximum atomic E-state index is 12.4. The first-order chi connectivity index (χ1) is 23.5. The largest absolute Gasteiger partial charge is 0.494 e. The molecule has 0 bridgehead atoms. The number of hydrogen-bond acceptors (Lipinski definition) is 10. The molecule has 0 atom stereocenters. The van der Waals surface area contributed by atoms with Crippen LogP contribution in [0.4, 0.5) is 22.7 Å². The Bertz CT molecular complexity index is 1480. The van der Waals surface area contributed by atoms with Crippen molar-refractivity contribution in [3.8, 4) is 11.5 Å². The molecule has 250 valence electrons. The van der Waals surface area contributed by atoms with Gasteiger partial charge in [-0.2, -0.15) is 20.5 Å². The highest BCUT2D eigenvalue weighted by atomic mass is 16.5. The van der Waals surface area contributed by atoms with Gasteiger partial charge in [0, 0.05) is 0 Å². The molecule has 10 nitrogen and oxygen atoms in total. The van der Waals surface area contributed by atoms with Crippen LogP contribution in [0.1, 0.15) is 73.1 Å². The van der Waals surface area contributed by atoms with Gasteiger partial charge in [0.25, 0.3) is 0 Å². The third-order valence-corrected chi connectivity index (χ3v) is 6.98. The van der Waals surface area contributed by atoms with Gasteiger partial charge in [-0.3, -0.25) is 0 Å². The zero-order valence-corrected chi connectivity index (χ0v) is 27.5. The summed E-state index contributed by atoms with van der Waals surface area (Å²) in [7, 11) is 0. The summed E-state index contributed by atoms with van der Waals surface area (Å²) in [5, 5.41) is 16.9. The second kappa shape index (κ2) is 20.0. The summed E-state index contributed by atoms with van der Waals surface area (Å²) < 4.78 is 22.0. The van der Waals surface area contributed by atoms with Gasteiger partial charge >= 0.3 is 11.9 Å². The van der Waals surface area contributed by atoms with Crippen molar-refractivity contribution in [2.45, 2.75) is 52.4 Å². The molecule has 0 saturated carbocycles. The number of esters is 2. The van der Waals surface area contributed by atoms with E-state index < -0.39 is 11.9 Å². The van der Waals surface area contributed by atoms with E-state index in [9.17, 15) is 9.59 Å². The average molecular weight is 651 g/mol. The Hall–Kier alpha value is -5.38. The first kappa shape index (κ1) is 35.5. The topological polar surface area (TPSA) is 121 Å². The van der Waals surface area contributed by atoms with Crippen LogP contribution in [0.15, 0.2) is 118 Å². The number of carbonyl (C=O) groups excluding carboxylic acids is 2. The van der Waals surface area contributed by atoms with E-state index in [0.29, 0.717) is 59.9 Å². The lowest BCUT2D eigenvalue weighted by molar-refractivity contribution is 0.0432. The van der Waals surface area contributed by atoms with Gasteiger partial charge in [0.1, 0.15) is 11.5 Å². The normalized spacial score (nSPS) is 11.1. The number of unbranched alkanes of at least 4 members (excludes halogenated alkanes) is 3. The zero-order valence-electron chi connectivity index (χ0n) is 27.5. The number of carbonyl (C=O) groups is 2. The van der Waals surface area contributed by atoms with Crippen LogP contribution in [0.5, 0.6) is 11.5 Å². The second-order valence-electron chi connectivity index (χ2n) is 10.9. The minimum Gasteiger partial charge on any atom is -0.494 e. The maximum absolute atomic E-state index is 12.4. The van der Waals surface area contributed by atoms with Gasteiger partial charge in [0.05, 0.1) is 60.3 Å². The van der Waals surface area contributed by atoms with Crippen molar-refractivity contribution in [3.63, 3.8) is 0 Å². The van der Waals surface area contributed by atoms with Gasteiger partial charge in [0.2, 0.25) is 0 Å². The lowest BCUT2D eigenvalue weighted by Crippen LogP contribution is -2.09. The van der Waals surface area contributed by atoms with Crippen LogP contribution in [0.25, 0.3) is 0 Å². The monoisotopic (exact) mass is 650 g/mol. The highest BCUT2D eigenvalue weighted by Gasteiger charge is 2.09. The Morgan fingerprint density at radius 3 is 1.06 bits per heavy atom. The van der Waals surface area contributed by atoms with Gasteiger partial charge in [-0.25, -0.2) is 9.59 Å². The fourth-order valence-electron chi connectivity index (χ4n) is 4.15. The molecule has 0 aliphatic rings. The zero-order chi connectivity index (χ0) is 33.8.